The Morgan fingerprint density at radius 2 is 1.79 bits per heavy atom. The van der Waals surface area contributed by atoms with Crippen LogP contribution >= 0.6 is 0 Å². The smallest absolute Gasteiger partial charge is 0.0437 e. The molecule has 4 aliphatic rings. The zero-order valence-electron chi connectivity index (χ0n) is 8.78. The minimum absolute atomic E-state index is 0.369. The zero-order valence-corrected chi connectivity index (χ0v) is 8.78. The van der Waals surface area contributed by atoms with Crippen molar-refractivity contribution >= 4 is 0 Å². The van der Waals surface area contributed by atoms with Crippen LogP contribution < -0.4 is 0 Å². The zero-order chi connectivity index (χ0) is 9.60. The third-order valence-electron chi connectivity index (χ3n) is 4.25. The van der Waals surface area contributed by atoms with Crippen molar-refractivity contribution in [3.8, 4) is 0 Å². The highest BCUT2D eigenvalue weighted by atomic mass is 16.3. The largest absolute Gasteiger partial charge is 0.396 e. The summed E-state index contributed by atoms with van der Waals surface area (Å²) in [7, 11) is 0. The van der Waals surface area contributed by atoms with Crippen LogP contribution in [0.2, 0.25) is 0 Å². The maximum absolute atomic E-state index is 9.18. The number of piperidine rings is 2. The predicted molar refractivity (Wildman–Crippen MR) is 55.1 cm³/mol. The summed E-state index contributed by atoms with van der Waals surface area (Å²) in [6.45, 7) is 7.97. The minimum atomic E-state index is 0.369. The quantitative estimate of drug-likeness (QED) is 0.674. The molecule has 0 aromatic heterocycles. The Morgan fingerprint density at radius 1 is 1.14 bits per heavy atom. The molecule has 3 heteroatoms. The first kappa shape index (κ1) is 9.13. The normalized spacial score (nSPS) is 50.8. The molecule has 0 saturated carbocycles. The van der Waals surface area contributed by atoms with Crippen LogP contribution in [0.3, 0.4) is 0 Å². The summed E-state index contributed by atoms with van der Waals surface area (Å²) >= 11 is 0. The van der Waals surface area contributed by atoms with Gasteiger partial charge in [-0.2, -0.15) is 0 Å². The van der Waals surface area contributed by atoms with Crippen molar-refractivity contribution in [1.29, 1.82) is 0 Å². The van der Waals surface area contributed by atoms with E-state index in [4.69, 9.17) is 0 Å². The lowest BCUT2D eigenvalue weighted by Crippen LogP contribution is -2.54. The van der Waals surface area contributed by atoms with Gasteiger partial charge in [0, 0.05) is 45.9 Å². The molecule has 4 rings (SSSR count). The van der Waals surface area contributed by atoms with Crippen molar-refractivity contribution in [1.82, 2.24) is 9.80 Å². The summed E-state index contributed by atoms with van der Waals surface area (Å²) in [5.41, 5.74) is 0.437. The number of rotatable bonds is 2. The van der Waals surface area contributed by atoms with E-state index in [1.165, 1.54) is 45.7 Å². The molecule has 0 radical (unpaired) electrons. The molecular formula is C11H20N2O. The minimum Gasteiger partial charge on any atom is -0.396 e. The van der Waals surface area contributed by atoms with Crippen LogP contribution in [0, 0.1) is 11.3 Å². The van der Waals surface area contributed by atoms with Crippen molar-refractivity contribution in [3.05, 3.63) is 0 Å². The van der Waals surface area contributed by atoms with Crippen molar-refractivity contribution < 1.29 is 5.11 Å². The van der Waals surface area contributed by atoms with E-state index in [2.05, 4.69) is 9.80 Å². The van der Waals surface area contributed by atoms with Gasteiger partial charge in [0.25, 0.3) is 0 Å². The number of aliphatic hydroxyl groups is 1. The number of hydrogen-bond acceptors (Lipinski definition) is 3. The maximum atomic E-state index is 9.18. The Balaban J connectivity index is 1.86. The van der Waals surface area contributed by atoms with Crippen LogP contribution in [0.15, 0.2) is 0 Å². The van der Waals surface area contributed by atoms with Gasteiger partial charge in [0.1, 0.15) is 0 Å². The lowest BCUT2D eigenvalue weighted by molar-refractivity contribution is -0.00918. The van der Waals surface area contributed by atoms with Gasteiger partial charge in [0.2, 0.25) is 0 Å². The Hall–Kier alpha value is -0.120. The Labute approximate surface area is 85.7 Å². The molecule has 0 aromatic carbocycles. The van der Waals surface area contributed by atoms with E-state index < -0.39 is 0 Å². The average Bonchev–Trinajstić information content (AvgIpc) is 2.32. The lowest BCUT2D eigenvalue weighted by Gasteiger charge is -2.49. The van der Waals surface area contributed by atoms with E-state index in [0.29, 0.717) is 12.0 Å². The van der Waals surface area contributed by atoms with Gasteiger partial charge >= 0.3 is 0 Å². The van der Waals surface area contributed by atoms with Crippen molar-refractivity contribution in [2.45, 2.75) is 12.8 Å². The number of hydrogen-bond donors (Lipinski definition) is 1. The van der Waals surface area contributed by atoms with Crippen LogP contribution in [0.1, 0.15) is 12.8 Å². The van der Waals surface area contributed by atoms with E-state index in [1.807, 2.05) is 0 Å². The summed E-state index contributed by atoms with van der Waals surface area (Å²) in [4.78, 5) is 5.24. The van der Waals surface area contributed by atoms with E-state index in [9.17, 15) is 5.11 Å². The lowest BCUT2D eigenvalue weighted by atomic mass is 9.71. The molecule has 2 atom stereocenters. The number of fused-ring (bicyclic) bond motifs is 1. The average molecular weight is 196 g/mol. The van der Waals surface area contributed by atoms with E-state index in [-0.39, 0.29) is 0 Å². The third kappa shape index (κ3) is 1.38. The second-order valence-electron chi connectivity index (χ2n) is 5.51. The fraction of sp³-hybridized carbons (Fsp3) is 1.00. The van der Waals surface area contributed by atoms with Gasteiger partial charge < -0.3 is 14.9 Å². The summed E-state index contributed by atoms with van der Waals surface area (Å²) in [6, 6.07) is 0. The van der Waals surface area contributed by atoms with Crippen LogP contribution in [0.25, 0.3) is 0 Å². The highest BCUT2D eigenvalue weighted by Crippen LogP contribution is 2.42. The second kappa shape index (κ2) is 3.19. The van der Waals surface area contributed by atoms with E-state index in [1.54, 1.807) is 0 Å². The van der Waals surface area contributed by atoms with Gasteiger partial charge in [-0.15, -0.1) is 0 Å². The molecule has 14 heavy (non-hydrogen) atoms. The molecule has 4 fully saturated rings. The molecule has 3 nitrogen and oxygen atoms in total. The molecule has 0 amide bonds. The number of aliphatic hydroxyl groups excluding tert-OH is 1. The summed E-state index contributed by atoms with van der Waals surface area (Å²) in [6.07, 6.45) is 2.37. The maximum Gasteiger partial charge on any atom is 0.0437 e. The molecule has 4 aliphatic heterocycles. The summed E-state index contributed by atoms with van der Waals surface area (Å²) in [5, 5.41) is 9.18. The van der Waals surface area contributed by atoms with E-state index >= 15 is 0 Å². The van der Waals surface area contributed by atoms with Crippen molar-refractivity contribution in [2.75, 3.05) is 45.9 Å². The Kier molecular flexibility index (Phi) is 2.08. The molecule has 0 spiro atoms. The molecule has 2 unspecified atom stereocenters. The van der Waals surface area contributed by atoms with Crippen LogP contribution in [0.4, 0.5) is 0 Å². The fourth-order valence-electron chi connectivity index (χ4n) is 3.91. The van der Waals surface area contributed by atoms with Gasteiger partial charge in [0.05, 0.1) is 0 Å². The fourth-order valence-corrected chi connectivity index (χ4v) is 3.91. The first-order chi connectivity index (χ1) is 6.80. The third-order valence-corrected chi connectivity index (χ3v) is 4.25. The Morgan fingerprint density at radius 3 is 2.36 bits per heavy atom. The predicted octanol–water partition coefficient (Wildman–Crippen LogP) is 0.00630. The van der Waals surface area contributed by atoms with E-state index in [0.717, 1.165) is 12.3 Å². The molecule has 4 bridgehead atoms. The van der Waals surface area contributed by atoms with Crippen LogP contribution in [0.5, 0.6) is 0 Å². The first-order valence-electron chi connectivity index (χ1n) is 5.85. The van der Waals surface area contributed by atoms with Crippen molar-refractivity contribution in [3.63, 3.8) is 0 Å². The molecule has 80 valence electrons. The Bertz CT molecular complexity index is 215. The van der Waals surface area contributed by atoms with Crippen LogP contribution in [-0.4, -0.2) is 60.8 Å². The summed E-state index contributed by atoms with van der Waals surface area (Å²) in [5.74, 6) is 0.881. The van der Waals surface area contributed by atoms with Gasteiger partial charge in [-0.05, 0) is 24.2 Å². The standard InChI is InChI=1S/C11H20N2O/c14-4-1-11-5-10-6-12(8-11)2-3-13(7-10)9-11/h10,14H,1-9H2. The van der Waals surface area contributed by atoms with Gasteiger partial charge in [0.15, 0.2) is 0 Å². The van der Waals surface area contributed by atoms with Gasteiger partial charge in [-0.1, -0.05) is 0 Å². The molecular weight excluding hydrogens is 176 g/mol. The van der Waals surface area contributed by atoms with Gasteiger partial charge in [-0.25, -0.2) is 0 Å². The molecule has 0 aromatic rings. The topological polar surface area (TPSA) is 26.7 Å². The first-order valence-corrected chi connectivity index (χ1v) is 5.85. The molecule has 1 N–H and O–H groups in total. The number of nitrogens with zero attached hydrogens (tertiary/aromatic N) is 2. The van der Waals surface area contributed by atoms with Crippen LogP contribution in [-0.2, 0) is 0 Å². The molecule has 4 heterocycles. The highest BCUT2D eigenvalue weighted by Gasteiger charge is 2.46. The van der Waals surface area contributed by atoms with Gasteiger partial charge in [-0.3, -0.25) is 0 Å². The van der Waals surface area contributed by atoms with Crippen molar-refractivity contribution in [2.24, 2.45) is 11.3 Å². The second-order valence-corrected chi connectivity index (χ2v) is 5.51. The highest BCUT2D eigenvalue weighted by molar-refractivity contribution is 5.00. The molecule has 0 aliphatic carbocycles. The SMILES string of the molecule is OCCC12CC3CN(CCN(C3)C1)C2. The monoisotopic (exact) mass is 196 g/mol. The molecule has 4 saturated heterocycles. The summed E-state index contributed by atoms with van der Waals surface area (Å²) < 4.78 is 0.